The SMILES string of the molecule is Cc1cc(Br)ccc1OCC(=O)NNC(=O)c1ccc(NC(=O)c2ccc(C(C)(C)C)cc2)cc1. The van der Waals surface area contributed by atoms with Crippen LogP contribution in [0.15, 0.2) is 71.2 Å². The van der Waals surface area contributed by atoms with Gasteiger partial charge in [0.2, 0.25) is 0 Å². The van der Waals surface area contributed by atoms with Crippen molar-refractivity contribution in [3.63, 3.8) is 0 Å². The molecule has 0 saturated heterocycles. The molecule has 0 atom stereocenters. The summed E-state index contributed by atoms with van der Waals surface area (Å²) in [6.07, 6.45) is 0. The molecule has 3 aromatic carbocycles. The Morgan fingerprint density at radius 2 is 1.43 bits per heavy atom. The normalized spacial score (nSPS) is 10.9. The summed E-state index contributed by atoms with van der Waals surface area (Å²) in [7, 11) is 0. The number of benzene rings is 3. The molecule has 3 rings (SSSR count). The highest BCUT2D eigenvalue weighted by Gasteiger charge is 2.15. The van der Waals surface area contributed by atoms with E-state index in [0.717, 1.165) is 15.6 Å². The van der Waals surface area contributed by atoms with Gasteiger partial charge in [-0.3, -0.25) is 25.2 Å². The van der Waals surface area contributed by atoms with Crippen LogP contribution in [0.2, 0.25) is 0 Å². The fraction of sp³-hybridized carbons (Fsp3) is 0.222. The number of halogens is 1. The summed E-state index contributed by atoms with van der Waals surface area (Å²) in [6.45, 7) is 7.97. The first-order valence-corrected chi connectivity index (χ1v) is 11.8. The number of aryl methyl sites for hydroxylation is 1. The summed E-state index contributed by atoms with van der Waals surface area (Å²) >= 11 is 3.37. The number of ether oxygens (including phenoxy) is 1. The summed E-state index contributed by atoms with van der Waals surface area (Å²) < 4.78 is 6.40. The van der Waals surface area contributed by atoms with Crippen molar-refractivity contribution < 1.29 is 19.1 Å². The third kappa shape index (κ3) is 7.42. The van der Waals surface area contributed by atoms with Crippen molar-refractivity contribution in [1.82, 2.24) is 10.9 Å². The zero-order chi connectivity index (χ0) is 25.6. The second kappa shape index (κ2) is 11.2. The predicted octanol–water partition coefficient (Wildman–Crippen LogP) is 5.15. The van der Waals surface area contributed by atoms with Crippen LogP contribution in [0.1, 0.15) is 52.6 Å². The van der Waals surface area contributed by atoms with Crippen LogP contribution < -0.4 is 20.9 Å². The first kappa shape index (κ1) is 26.0. The van der Waals surface area contributed by atoms with E-state index in [1.54, 1.807) is 42.5 Å². The van der Waals surface area contributed by atoms with E-state index in [1.165, 1.54) is 0 Å². The van der Waals surface area contributed by atoms with Gasteiger partial charge in [0.15, 0.2) is 6.61 Å². The van der Waals surface area contributed by atoms with Gasteiger partial charge in [-0.25, -0.2) is 0 Å². The summed E-state index contributed by atoms with van der Waals surface area (Å²) in [5, 5.41) is 2.81. The molecule has 0 aromatic heterocycles. The molecule has 7 nitrogen and oxygen atoms in total. The Balaban J connectivity index is 1.48. The fourth-order valence-corrected chi connectivity index (χ4v) is 3.66. The summed E-state index contributed by atoms with van der Waals surface area (Å²) in [5.74, 6) is -0.649. The monoisotopic (exact) mass is 537 g/mol. The molecular weight excluding hydrogens is 510 g/mol. The highest BCUT2D eigenvalue weighted by atomic mass is 79.9. The van der Waals surface area contributed by atoms with Gasteiger partial charge in [-0.1, -0.05) is 48.8 Å². The molecule has 0 heterocycles. The topological polar surface area (TPSA) is 96.5 Å². The Morgan fingerprint density at radius 3 is 2.03 bits per heavy atom. The minimum absolute atomic E-state index is 0.0104. The second-order valence-corrected chi connectivity index (χ2v) is 9.98. The summed E-state index contributed by atoms with van der Waals surface area (Å²) in [4.78, 5) is 36.9. The van der Waals surface area contributed by atoms with Gasteiger partial charge in [-0.15, -0.1) is 0 Å². The third-order valence-electron chi connectivity index (χ3n) is 5.23. The van der Waals surface area contributed by atoms with Gasteiger partial charge >= 0.3 is 0 Å². The summed E-state index contributed by atoms with van der Waals surface area (Å²) in [5.41, 5.74) is 8.12. The van der Waals surface area contributed by atoms with Crippen molar-refractivity contribution in [1.29, 1.82) is 0 Å². The zero-order valence-corrected chi connectivity index (χ0v) is 21.7. The van der Waals surface area contributed by atoms with Crippen LogP contribution in [-0.4, -0.2) is 24.3 Å². The van der Waals surface area contributed by atoms with E-state index in [4.69, 9.17) is 4.74 Å². The molecule has 8 heteroatoms. The number of hydrogen-bond donors (Lipinski definition) is 3. The van der Waals surface area contributed by atoms with E-state index in [-0.39, 0.29) is 17.9 Å². The van der Waals surface area contributed by atoms with Gasteiger partial charge < -0.3 is 10.1 Å². The van der Waals surface area contributed by atoms with E-state index in [9.17, 15) is 14.4 Å². The Labute approximate surface area is 213 Å². The maximum Gasteiger partial charge on any atom is 0.276 e. The van der Waals surface area contributed by atoms with Gasteiger partial charge in [0.05, 0.1) is 0 Å². The molecule has 0 unspecified atom stereocenters. The molecule has 3 N–H and O–H groups in total. The maximum atomic E-state index is 12.5. The van der Waals surface area contributed by atoms with Gasteiger partial charge in [-0.2, -0.15) is 0 Å². The van der Waals surface area contributed by atoms with Crippen molar-refractivity contribution in [2.24, 2.45) is 0 Å². The van der Waals surface area contributed by atoms with Crippen LogP contribution in [0.3, 0.4) is 0 Å². The molecule has 35 heavy (non-hydrogen) atoms. The number of carbonyl (C=O) groups excluding carboxylic acids is 3. The Bertz CT molecular complexity index is 1220. The lowest BCUT2D eigenvalue weighted by Crippen LogP contribution is -2.43. The zero-order valence-electron chi connectivity index (χ0n) is 20.1. The van der Waals surface area contributed by atoms with Crippen molar-refractivity contribution in [2.75, 3.05) is 11.9 Å². The number of hydrazine groups is 1. The van der Waals surface area contributed by atoms with Crippen molar-refractivity contribution >= 4 is 39.3 Å². The molecule has 0 spiro atoms. The largest absolute Gasteiger partial charge is 0.483 e. The van der Waals surface area contributed by atoms with Crippen LogP contribution in [0.25, 0.3) is 0 Å². The van der Waals surface area contributed by atoms with E-state index in [2.05, 4.69) is 52.9 Å². The second-order valence-electron chi connectivity index (χ2n) is 9.06. The van der Waals surface area contributed by atoms with E-state index in [1.807, 2.05) is 31.2 Å². The Kier molecular flexibility index (Phi) is 8.30. The number of rotatable bonds is 6. The minimum Gasteiger partial charge on any atom is -0.483 e. The number of carbonyl (C=O) groups is 3. The predicted molar refractivity (Wildman–Crippen MR) is 140 cm³/mol. The van der Waals surface area contributed by atoms with E-state index < -0.39 is 11.8 Å². The standard InChI is InChI=1S/C27H28BrN3O4/c1-17-15-21(28)11-14-23(17)35-16-24(32)30-31-26(34)19-7-12-22(13-8-19)29-25(33)18-5-9-20(10-6-18)27(2,3)4/h5-15H,16H2,1-4H3,(H,29,33)(H,30,32)(H,31,34). The maximum absolute atomic E-state index is 12.5. The lowest BCUT2D eigenvalue weighted by atomic mass is 9.87. The molecule has 0 aliphatic carbocycles. The molecule has 0 saturated carbocycles. The van der Waals surface area contributed by atoms with Gasteiger partial charge in [-0.05, 0) is 78.1 Å². The molecule has 0 fully saturated rings. The number of anilines is 1. The molecular formula is C27H28BrN3O4. The van der Waals surface area contributed by atoms with Crippen molar-refractivity contribution in [3.05, 3.63) is 93.5 Å². The average Bonchev–Trinajstić information content (AvgIpc) is 2.82. The first-order chi connectivity index (χ1) is 16.5. The molecule has 0 aliphatic heterocycles. The van der Waals surface area contributed by atoms with Crippen LogP contribution >= 0.6 is 15.9 Å². The summed E-state index contributed by atoms with van der Waals surface area (Å²) in [6, 6.07) is 19.3. The fourth-order valence-electron chi connectivity index (χ4n) is 3.18. The molecule has 0 aliphatic rings. The Morgan fingerprint density at radius 1 is 0.829 bits per heavy atom. The van der Waals surface area contributed by atoms with Crippen LogP contribution in [-0.2, 0) is 10.2 Å². The lowest BCUT2D eigenvalue weighted by molar-refractivity contribution is -0.123. The quantitative estimate of drug-likeness (QED) is 0.379. The van der Waals surface area contributed by atoms with Crippen molar-refractivity contribution in [2.45, 2.75) is 33.1 Å². The molecule has 0 bridgehead atoms. The number of nitrogens with one attached hydrogen (secondary N) is 3. The Hall–Kier alpha value is -3.65. The molecule has 3 aromatic rings. The van der Waals surface area contributed by atoms with Gasteiger partial charge in [0.25, 0.3) is 17.7 Å². The van der Waals surface area contributed by atoms with Gasteiger partial charge in [0, 0.05) is 21.3 Å². The smallest absolute Gasteiger partial charge is 0.276 e. The molecule has 3 amide bonds. The molecule has 182 valence electrons. The van der Waals surface area contributed by atoms with Crippen molar-refractivity contribution in [3.8, 4) is 5.75 Å². The number of amides is 3. The average molecular weight is 538 g/mol. The molecule has 0 radical (unpaired) electrons. The highest BCUT2D eigenvalue weighted by molar-refractivity contribution is 9.10. The van der Waals surface area contributed by atoms with Crippen LogP contribution in [0.5, 0.6) is 5.75 Å². The van der Waals surface area contributed by atoms with Crippen LogP contribution in [0, 0.1) is 6.92 Å². The minimum atomic E-state index is -0.498. The van der Waals surface area contributed by atoms with Crippen LogP contribution in [0.4, 0.5) is 5.69 Å². The van der Waals surface area contributed by atoms with E-state index in [0.29, 0.717) is 22.6 Å². The lowest BCUT2D eigenvalue weighted by Gasteiger charge is -2.19. The number of hydrogen-bond acceptors (Lipinski definition) is 4. The first-order valence-electron chi connectivity index (χ1n) is 11.0. The third-order valence-corrected chi connectivity index (χ3v) is 5.72. The highest BCUT2D eigenvalue weighted by Crippen LogP contribution is 2.23. The van der Waals surface area contributed by atoms with Gasteiger partial charge in [0.1, 0.15) is 5.75 Å². The van der Waals surface area contributed by atoms with E-state index >= 15 is 0 Å².